The summed E-state index contributed by atoms with van der Waals surface area (Å²) in [6, 6.07) is 20.6. The van der Waals surface area contributed by atoms with E-state index >= 15 is 0 Å². The van der Waals surface area contributed by atoms with Crippen LogP contribution in [0.15, 0.2) is 88.5 Å². The summed E-state index contributed by atoms with van der Waals surface area (Å²) in [5.41, 5.74) is 3.73. The van der Waals surface area contributed by atoms with Crippen LogP contribution in [0.1, 0.15) is 19.4 Å². The third-order valence-electron chi connectivity index (χ3n) is 6.95. The predicted molar refractivity (Wildman–Crippen MR) is 152 cm³/mol. The number of methoxy groups -OCH3 is 2. The number of benzene rings is 3. The minimum absolute atomic E-state index is 0.0655. The van der Waals surface area contributed by atoms with E-state index in [1.165, 1.54) is 21.9 Å². The lowest BCUT2D eigenvalue weighted by atomic mass is 9.83. The lowest BCUT2D eigenvalue weighted by Crippen LogP contribution is -2.24. The minimum atomic E-state index is -0.303. The molecule has 7 nitrogen and oxygen atoms in total. The van der Waals surface area contributed by atoms with E-state index in [2.05, 4.69) is 30.9 Å². The van der Waals surface area contributed by atoms with Gasteiger partial charge < -0.3 is 14.4 Å². The number of thioether (sulfide) groups is 1. The van der Waals surface area contributed by atoms with Gasteiger partial charge in [-0.2, -0.15) is 0 Å². The van der Waals surface area contributed by atoms with Gasteiger partial charge in [-0.05, 0) is 35.9 Å². The number of anilines is 1. The van der Waals surface area contributed by atoms with Crippen LogP contribution in [0.2, 0.25) is 0 Å². The maximum absolute atomic E-state index is 13.7. The van der Waals surface area contributed by atoms with E-state index in [1.807, 2.05) is 25.2 Å². The molecule has 0 amide bonds. The van der Waals surface area contributed by atoms with Crippen LogP contribution in [0.25, 0.3) is 16.6 Å². The first-order chi connectivity index (χ1) is 18.3. The van der Waals surface area contributed by atoms with Gasteiger partial charge in [-0.15, -0.1) is 0 Å². The van der Waals surface area contributed by atoms with Crippen LogP contribution in [0.5, 0.6) is 11.5 Å². The summed E-state index contributed by atoms with van der Waals surface area (Å²) in [6.45, 7) is 4.25. The highest BCUT2D eigenvalue weighted by atomic mass is 32.2. The van der Waals surface area contributed by atoms with Crippen LogP contribution in [0.3, 0.4) is 0 Å². The van der Waals surface area contributed by atoms with Crippen LogP contribution in [-0.2, 0) is 10.2 Å². The second-order valence-corrected chi connectivity index (χ2v) is 10.5. The zero-order valence-electron chi connectivity index (χ0n) is 22.0. The number of hydrogen-bond donors (Lipinski definition) is 0. The van der Waals surface area contributed by atoms with Crippen LogP contribution in [-0.4, -0.2) is 42.4 Å². The van der Waals surface area contributed by atoms with E-state index in [9.17, 15) is 9.59 Å². The Morgan fingerprint density at radius 3 is 2.47 bits per heavy atom. The van der Waals surface area contributed by atoms with E-state index in [0.717, 1.165) is 11.4 Å². The number of hydrogen-bond acceptors (Lipinski definition) is 7. The van der Waals surface area contributed by atoms with Gasteiger partial charge in [-0.1, -0.05) is 55.9 Å². The summed E-state index contributed by atoms with van der Waals surface area (Å²) in [7, 11) is 5.09. The number of aromatic nitrogens is 2. The highest BCUT2D eigenvalue weighted by Crippen LogP contribution is 2.46. The molecule has 38 heavy (non-hydrogen) atoms. The zero-order chi connectivity index (χ0) is 27.0. The highest BCUT2D eigenvalue weighted by molar-refractivity contribution is 7.99. The van der Waals surface area contributed by atoms with Crippen molar-refractivity contribution in [3.63, 3.8) is 0 Å². The zero-order valence-corrected chi connectivity index (χ0v) is 22.8. The first-order valence-corrected chi connectivity index (χ1v) is 13.2. The molecule has 0 N–H and O–H groups in total. The number of allylic oxidation sites excluding steroid dienone is 2. The molecule has 0 atom stereocenters. The first kappa shape index (κ1) is 25.6. The van der Waals surface area contributed by atoms with Gasteiger partial charge in [-0.25, -0.2) is 4.98 Å². The van der Waals surface area contributed by atoms with Crippen molar-refractivity contribution in [1.82, 2.24) is 9.55 Å². The standard InChI is InChI=1S/C30H29N3O4S/c1-30(2)22-11-7-9-13-24(22)32(3)27(30)16-19(34)18-38-29-31-23-12-8-6-10-21(23)28(35)33(29)25-17-20(36-4)14-15-26(25)37-5/h6-17H,18H2,1-5H3/b27-16-. The van der Waals surface area contributed by atoms with Crippen molar-refractivity contribution in [2.75, 3.05) is 31.9 Å². The lowest BCUT2D eigenvalue weighted by molar-refractivity contribution is -0.112. The summed E-state index contributed by atoms with van der Waals surface area (Å²) in [5, 5.41) is 0.872. The topological polar surface area (TPSA) is 73.7 Å². The molecule has 1 aliphatic heterocycles. The molecule has 194 valence electrons. The third-order valence-corrected chi connectivity index (χ3v) is 7.91. The highest BCUT2D eigenvalue weighted by Gasteiger charge is 2.38. The van der Waals surface area contributed by atoms with Crippen molar-refractivity contribution in [2.45, 2.75) is 24.4 Å². The molecular weight excluding hydrogens is 498 g/mol. The number of ketones is 1. The Kier molecular flexibility index (Phi) is 6.75. The van der Waals surface area contributed by atoms with E-state index in [0.29, 0.717) is 33.2 Å². The molecule has 1 aromatic heterocycles. The molecule has 2 heterocycles. The molecule has 1 aliphatic rings. The van der Waals surface area contributed by atoms with Crippen LogP contribution >= 0.6 is 11.8 Å². The smallest absolute Gasteiger partial charge is 0.266 e. The number of fused-ring (bicyclic) bond motifs is 2. The van der Waals surface area contributed by atoms with Crippen LogP contribution < -0.4 is 19.9 Å². The number of para-hydroxylation sites is 2. The molecule has 8 heteroatoms. The minimum Gasteiger partial charge on any atom is -0.497 e. The molecule has 0 bridgehead atoms. The Hall–Kier alpha value is -4.04. The van der Waals surface area contributed by atoms with Gasteiger partial charge in [-0.3, -0.25) is 14.2 Å². The fourth-order valence-corrected chi connectivity index (χ4v) is 5.81. The molecule has 0 spiro atoms. The fraction of sp³-hybridized carbons (Fsp3) is 0.233. The monoisotopic (exact) mass is 527 g/mol. The van der Waals surface area contributed by atoms with E-state index in [-0.39, 0.29) is 22.5 Å². The van der Waals surface area contributed by atoms with Crippen molar-refractivity contribution in [1.29, 1.82) is 0 Å². The van der Waals surface area contributed by atoms with Gasteiger partial charge in [0.25, 0.3) is 5.56 Å². The second kappa shape index (κ2) is 10.0. The largest absolute Gasteiger partial charge is 0.497 e. The summed E-state index contributed by atoms with van der Waals surface area (Å²) in [4.78, 5) is 33.8. The van der Waals surface area contributed by atoms with E-state index in [1.54, 1.807) is 56.7 Å². The average Bonchev–Trinajstić information content (AvgIpc) is 3.12. The van der Waals surface area contributed by atoms with E-state index in [4.69, 9.17) is 14.5 Å². The van der Waals surface area contributed by atoms with Crippen molar-refractivity contribution >= 4 is 34.1 Å². The normalized spacial score (nSPS) is 15.1. The molecule has 5 rings (SSSR count). The maximum atomic E-state index is 13.7. The summed E-state index contributed by atoms with van der Waals surface area (Å²) in [6.07, 6.45) is 1.71. The Bertz CT molecular complexity index is 1640. The van der Waals surface area contributed by atoms with Gasteiger partial charge in [0, 0.05) is 36.0 Å². The molecule has 4 aromatic rings. The molecule has 0 unspecified atom stereocenters. The summed E-state index contributed by atoms with van der Waals surface area (Å²) >= 11 is 1.22. The molecule has 0 aliphatic carbocycles. The Morgan fingerprint density at radius 1 is 1.00 bits per heavy atom. The number of ether oxygens (including phenoxy) is 2. The Labute approximate surface area is 225 Å². The van der Waals surface area contributed by atoms with Gasteiger partial charge in [0.05, 0.1) is 36.6 Å². The summed E-state index contributed by atoms with van der Waals surface area (Å²) in [5.74, 6) is 1.11. The van der Waals surface area contributed by atoms with Gasteiger partial charge >= 0.3 is 0 Å². The molecule has 0 saturated heterocycles. The van der Waals surface area contributed by atoms with Gasteiger partial charge in [0.15, 0.2) is 10.9 Å². The van der Waals surface area contributed by atoms with Crippen LogP contribution in [0, 0.1) is 0 Å². The predicted octanol–water partition coefficient (Wildman–Crippen LogP) is 5.38. The number of likely N-dealkylation sites (N-methyl/N-ethyl adjacent to an activating group) is 1. The fourth-order valence-electron chi connectivity index (χ4n) is 4.98. The number of carbonyl (C=O) groups excluding carboxylic acids is 1. The summed E-state index contributed by atoms with van der Waals surface area (Å²) < 4.78 is 12.5. The van der Waals surface area contributed by atoms with E-state index < -0.39 is 0 Å². The van der Waals surface area contributed by atoms with Crippen molar-refractivity contribution in [3.8, 4) is 17.2 Å². The quantitative estimate of drug-likeness (QED) is 0.182. The number of rotatable bonds is 7. The lowest BCUT2D eigenvalue weighted by Gasteiger charge is -2.24. The van der Waals surface area contributed by atoms with Crippen LogP contribution in [0.4, 0.5) is 5.69 Å². The third kappa shape index (κ3) is 4.35. The second-order valence-electron chi connectivity index (χ2n) is 9.58. The average molecular weight is 528 g/mol. The number of carbonyl (C=O) groups is 1. The molecular formula is C30H29N3O4S. The molecule has 0 radical (unpaired) electrons. The van der Waals surface area contributed by atoms with Crippen molar-refractivity contribution < 1.29 is 14.3 Å². The Morgan fingerprint density at radius 2 is 1.74 bits per heavy atom. The SMILES string of the molecule is COc1ccc(OC)c(-n2c(SCC(=O)/C=C3\N(C)c4ccccc4C3(C)C)nc3ccccc3c2=O)c1. The van der Waals surface area contributed by atoms with Gasteiger partial charge in [0.2, 0.25) is 0 Å². The molecule has 3 aromatic carbocycles. The van der Waals surface area contributed by atoms with Crippen molar-refractivity contribution in [3.05, 3.63) is 94.4 Å². The first-order valence-electron chi connectivity index (χ1n) is 12.2. The maximum Gasteiger partial charge on any atom is 0.266 e. The molecule has 0 saturated carbocycles. The Balaban J connectivity index is 1.54. The molecule has 0 fully saturated rings. The van der Waals surface area contributed by atoms with Gasteiger partial charge in [0.1, 0.15) is 11.5 Å². The van der Waals surface area contributed by atoms with Crippen molar-refractivity contribution in [2.24, 2.45) is 0 Å². The number of nitrogens with zero attached hydrogens (tertiary/aromatic N) is 3.